The van der Waals surface area contributed by atoms with Gasteiger partial charge in [-0.3, -0.25) is 4.79 Å². The van der Waals surface area contributed by atoms with Crippen molar-refractivity contribution in [1.29, 1.82) is 0 Å². The van der Waals surface area contributed by atoms with Gasteiger partial charge in [0, 0.05) is 12.3 Å². The Morgan fingerprint density at radius 3 is 2.67 bits per heavy atom. The Hall–Kier alpha value is -0.920. The normalized spacial score (nSPS) is 12.9. The van der Waals surface area contributed by atoms with Gasteiger partial charge in [0.2, 0.25) is 0 Å². The van der Waals surface area contributed by atoms with E-state index in [4.69, 9.17) is 0 Å². The third-order valence-corrected chi connectivity index (χ3v) is 2.35. The molecule has 0 aliphatic rings. The highest BCUT2D eigenvalue weighted by Gasteiger charge is 1.98. The molecular formula is C13H22O2. The smallest absolute Gasteiger partial charge is 0.155 e. The lowest BCUT2D eigenvalue weighted by atomic mass is 10.1. The van der Waals surface area contributed by atoms with E-state index in [2.05, 4.69) is 6.92 Å². The van der Waals surface area contributed by atoms with E-state index >= 15 is 0 Å². The highest BCUT2D eigenvalue weighted by Crippen LogP contribution is 2.04. The highest BCUT2D eigenvalue weighted by atomic mass is 16.1. The van der Waals surface area contributed by atoms with Crippen LogP contribution in [-0.2, 0) is 9.59 Å². The summed E-state index contributed by atoms with van der Waals surface area (Å²) >= 11 is 0. The molecule has 1 unspecified atom stereocenters. The number of ketones is 1. The first kappa shape index (κ1) is 14.1. The predicted octanol–water partition coefficient (Wildman–Crippen LogP) is 3.31. The molecule has 0 N–H and O–H groups in total. The van der Waals surface area contributed by atoms with Crippen LogP contribution in [0.15, 0.2) is 12.2 Å². The molecule has 0 spiro atoms. The first-order valence-electron chi connectivity index (χ1n) is 5.85. The Bertz CT molecular complexity index is 207. The molecule has 0 fully saturated rings. The zero-order valence-corrected chi connectivity index (χ0v) is 9.87. The van der Waals surface area contributed by atoms with Crippen LogP contribution in [-0.4, -0.2) is 12.1 Å². The van der Waals surface area contributed by atoms with Crippen LogP contribution >= 0.6 is 0 Å². The summed E-state index contributed by atoms with van der Waals surface area (Å²) in [6.45, 7) is 4.02. The van der Waals surface area contributed by atoms with Crippen LogP contribution in [0.25, 0.3) is 0 Å². The predicted molar refractivity (Wildman–Crippen MR) is 62.8 cm³/mol. The maximum Gasteiger partial charge on any atom is 0.155 e. The third kappa shape index (κ3) is 9.39. The Labute approximate surface area is 92.8 Å². The largest absolute Gasteiger partial charge is 0.303 e. The molecule has 0 aromatic heterocycles. The minimum Gasteiger partial charge on any atom is -0.303 e. The average Bonchev–Trinajstić information content (AvgIpc) is 2.24. The standard InChI is InChI=1S/C13H22O2/c1-3-4-5-9-13(15)10-7-6-8-12(2)11-14/h7,10-12H,3-6,8-9H2,1-2H3. The molecule has 86 valence electrons. The van der Waals surface area contributed by atoms with Gasteiger partial charge in [-0.2, -0.15) is 0 Å². The van der Waals surface area contributed by atoms with E-state index in [1.807, 2.05) is 13.0 Å². The van der Waals surface area contributed by atoms with Crippen LogP contribution in [0.1, 0.15) is 52.4 Å². The molecular weight excluding hydrogens is 188 g/mol. The summed E-state index contributed by atoms with van der Waals surface area (Å²) in [5.41, 5.74) is 0. The molecule has 0 aliphatic heterocycles. The van der Waals surface area contributed by atoms with Crippen molar-refractivity contribution in [2.24, 2.45) is 5.92 Å². The van der Waals surface area contributed by atoms with E-state index in [0.29, 0.717) is 6.42 Å². The third-order valence-electron chi connectivity index (χ3n) is 2.35. The average molecular weight is 210 g/mol. The van der Waals surface area contributed by atoms with Crippen molar-refractivity contribution in [3.05, 3.63) is 12.2 Å². The van der Waals surface area contributed by atoms with Gasteiger partial charge in [-0.15, -0.1) is 0 Å². The Morgan fingerprint density at radius 1 is 1.33 bits per heavy atom. The maximum absolute atomic E-state index is 11.3. The van der Waals surface area contributed by atoms with Gasteiger partial charge < -0.3 is 4.79 Å². The molecule has 0 rings (SSSR count). The van der Waals surface area contributed by atoms with Crippen molar-refractivity contribution in [1.82, 2.24) is 0 Å². The van der Waals surface area contributed by atoms with Crippen molar-refractivity contribution < 1.29 is 9.59 Å². The minimum absolute atomic E-state index is 0.102. The first-order chi connectivity index (χ1) is 7.20. The van der Waals surface area contributed by atoms with Crippen molar-refractivity contribution in [3.8, 4) is 0 Å². The number of allylic oxidation sites excluding steroid dienone is 2. The molecule has 2 heteroatoms. The summed E-state index contributed by atoms with van der Waals surface area (Å²) in [6.07, 6.45) is 10.1. The molecule has 0 heterocycles. The fourth-order valence-corrected chi connectivity index (χ4v) is 1.27. The lowest BCUT2D eigenvalue weighted by Gasteiger charge is -1.98. The van der Waals surface area contributed by atoms with E-state index < -0.39 is 0 Å². The van der Waals surface area contributed by atoms with E-state index in [-0.39, 0.29) is 11.7 Å². The lowest BCUT2D eigenvalue weighted by Crippen LogP contribution is -1.95. The molecule has 2 nitrogen and oxygen atoms in total. The summed E-state index contributed by atoms with van der Waals surface area (Å²) < 4.78 is 0. The quantitative estimate of drug-likeness (QED) is 0.332. The highest BCUT2D eigenvalue weighted by molar-refractivity contribution is 5.89. The summed E-state index contributed by atoms with van der Waals surface area (Å²) in [5.74, 6) is 0.312. The Balaban J connectivity index is 3.49. The number of carbonyl (C=O) groups excluding carboxylic acids is 2. The maximum atomic E-state index is 11.3. The van der Waals surface area contributed by atoms with Crippen LogP contribution in [0.2, 0.25) is 0 Å². The van der Waals surface area contributed by atoms with Gasteiger partial charge in [-0.1, -0.05) is 32.8 Å². The van der Waals surface area contributed by atoms with Crippen LogP contribution in [0.3, 0.4) is 0 Å². The fourth-order valence-electron chi connectivity index (χ4n) is 1.27. The number of carbonyl (C=O) groups is 2. The topological polar surface area (TPSA) is 34.1 Å². The monoisotopic (exact) mass is 210 g/mol. The van der Waals surface area contributed by atoms with E-state index in [1.54, 1.807) is 6.08 Å². The van der Waals surface area contributed by atoms with Crippen molar-refractivity contribution in [3.63, 3.8) is 0 Å². The van der Waals surface area contributed by atoms with Crippen molar-refractivity contribution in [2.45, 2.75) is 52.4 Å². The number of unbranched alkanes of at least 4 members (excludes halogenated alkanes) is 2. The van der Waals surface area contributed by atoms with Gasteiger partial charge in [0.05, 0.1) is 0 Å². The summed E-state index contributed by atoms with van der Waals surface area (Å²) in [4.78, 5) is 21.6. The van der Waals surface area contributed by atoms with Gasteiger partial charge >= 0.3 is 0 Å². The summed E-state index contributed by atoms with van der Waals surface area (Å²) in [7, 11) is 0. The van der Waals surface area contributed by atoms with Crippen LogP contribution < -0.4 is 0 Å². The lowest BCUT2D eigenvalue weighted by molar-refractivity contribution is -0.114. The summed E-state index contributed by atoms with van der Waals surface area (Å²) in [5, 5.41) is 0. The van der Waals surface area contributed by atoms with Gasteiger partial charge in [-0.25, -0.2) is 0 Å². The minimum atomic E-state index is 0.102. The second kappa shape index (κ2) is 9.63. The van der Waals surface area contributed by atoms with Crippen LogP contribution in [0.5, 0.6) is 0 Å². The second-order valence-corrected chi connectivity index (χ2v) is 4.02. The molecule has 0 saturated heterocycles. The number of aldehydes is 1. The number of hydrogen-bond acceptors (Lipinski definition) is 2. The first-order valence-corrected chi connectivity index (χ1v) is 5.85. The molecule has 1 atom stereocenters. The van der Waals surface area contributed by atoms with E-state index in [9.17, 15) is 9.59 Å². The molecule has 0 bridgehead atoms. The van der Waals surface area contributed by atoms with Crippen molar-refractivity contribution in [2.75, 3.05) is 0 Å². The van der Waals surface area contributed by atoms with E-state index in [1.165, 1.54) is 0 Å². The van der Waals surface area contributed by atoms with Crippen LogP contribution in [0, 0.1) is 5.92 Å². The molecule has 15 heavy (non-hydrogen) atoms. The molecule has 0 amide bonds. The van der Waals surface area contributed by atoms with E-state index in [0.717, 1.165) is 38.4 Å². The molecule has 0 aliphatic carbocycles. The molecule has 0 aromatic rings. The Morgan fingerprint density at radius 2 is 2.07 bits per heavy atom. The molecule has 0 saturated carbocycles. The zero-order valence-electron chi connectivity index (χ0n) is 9.87. The zero-order chi connectivity index (χ0) is 11.5. The van der Waals surface area contributed by atoms with Gasteiger partial charge in [-0.05, 0) is 25.3 Å². The van der Waals surface area contributed by atoms with Gasteiger partial charge in [0.1, 0.15) is 6.29 Å². The fraction of sp³-hybridized carbons (Fsp3) is 0.692. The van der Waals surface area contributed by atoms with Gasteiger partial charge in [0.15, 0.2) is 5.78 Å². The van der Waals surface area contributed by atoms with Gasteiger partial charge in [0.25, 0.3) is 0 Å². The molecule has 0 aromatic carbocycles. The SMILES string of the molecule is CCCCCC(=O)C=CCCC(C)C=O. The molecule has 0 radical (unpaired) electrons. The number of hydrogen-bond donors (Lipinski definition) is 0. The number of rotatable bonds is 9. The summed E-state index contributed by atoms with van der Waals surface area (Å²) in [6, 6.07) is 0. The van der Waals surface area contributed by atoms with Crippen LogP contribution in [0.4, 0.5) is 0 Å². The Kier molecular flexibility index (Phi) is 9.04. The second-order valence-electron chi connectivity index (χ2n) is 4.02. The van der Waals surface area contributed by atoms with Crippen molar-refractivity contribution >= 4 is 12.1 Å².